The van der Waals surface area contributed by atoms with Crippen molar-refractivity contribution in [2.45, 2.75) is 20.4 Å². The Bertz CT molecular complexity index is 480. The molecule has 0 unspecified atom stereocenters. The van der Waals surface area contributed by atoms with Gasteiger partial charge in [-0.1, -0.05) is 12.2 Å². The molecule has 0 N–H and O–H groups in total. The van der Waals surface area contributed by atoms with Crippen molar-refractivity contribution in [2.24, 2.45) is 0 Å². The maximum atomic E-state index is 11.9. The normalized spacial score (nSPS) is 10.3. The van der Waals surface area contributed by atoms with Crippen molar-refractivity contribution < 1.29 is 4.79 Å². The molecule has 0 aliphatic heterocycles. The monoisotopic (exact) mass is 275 g/mol. The number of amides is 1. The molecule has 17 heavy (non-hydrogen) atoms. The minimum atomic E-state index is -0.324. The van der Waals surface area contributed by atoms with E-state index in [2.05, 4.69) is 11.7 Å². The van der Waals surface area contributed by atoms with Crippen LogP contribution in [0.3, 0.4) is 0 Å². The number of likely N-dealkylation sites (N-methyl/N-ethyl adjacent to an activating group) is 1. The van der Waals surface area contributed by atoms with Gasteiger partial charge in [0.15, 0.2) is 0 Å². The standard InChI is InChI=1S/C10H14ClN3O2S/c1-4-13(5-7(2)3)8(15)6-14-10(16)17-9(11)12-14/h2,4-6H2,1,3H3. The average molecular weight is 276 g/mol. The van der Waals surface area contributed by atoms with E-state index in [-0.39, 0.29) is 21.8 Å². The molecule has 0 bridgehead atoms. The van der Waals surface area contributed by atoms with Crippen LogP contribution >= 0.6 is 22.9 Å². The Labute approximate surface area is 108 Å². The Morgan fingerprint density at radius 2 is 2.29 bits per heavy atom. The highest BCUT2D eigenvalue weighted by atomic mass is 35.5. The molecule has 5 nitrogen and oxygen atoms in total. The third-order valence-corrected chi connectivity index (χ3v) is 3.00. The van der Waals surface area contributed by atoms with E-state index in [0.717, 1.165) is 21.6 Å². The molecular formula is C10H14ClN3O2S. The largest absolute Gasteiger partial charge is 0.337 e. The molecule has 0 spiro atoms. The minimum absolute atomic E-state index is 0.0802. The summed E-state index contributed by atoms with van der Waals surface area (Å²) in [6, 6.07) is 0. The molecule has 1 amide bonds. The Hall–Kier alpha value is -1.14. The maximum absolute atomic E-state index is 11.9. The third-order valence-electron chi connectivity index (χ3n) is 2.06. The van der Waals surface area contributed by atoms with Gasteiger partial charge in [-0.2, -0.15) is 0 Å². The summed E-state index contributed by atoms with van der Waals surface area (Å²) in [5, 5.41) is 3.76. The van der Waals surface area contributed by atoms with Gasteiger partial charge in [0.25, 0.3) is 0 Å². The summed E-state index contributed by atoms with van der Waals surface area (Å²) in [6.45, 7) is 8.45. The number of halogens is 1. The molecule has 0 fully saturated rings. The van der Waals surface area contributed by atoms with Crippen molar-refractivity contribution >= 4 is 28.8 Å². The predicted octanol–water partition coefficient (Wildman–Crippen LogP) is 1.38. The molecule has 1 aromatic rings. The zero-order valence-electron chi connectivity index (χ0n) is 9.77. The molecule has 0 aliphatic rings. The van der Waals surface area contributed by atoms with Crippen LogP contribution < -0.4 is 4.87 Å². The molecule has 0 atom stereocenters. The van der Waals surface area contributed by atoms with Crippen LogP contribution in [0.5, 0.6) is 0 Å². The lowest BCUT2D eigenvalue weighted by Gasteiger charge is -2.20. The first-order valence-electron chi connectivity index (χ1n) is 5.09. The van der Waals surface area contributed by atoms with Gasteiger partial charge in [-0.05, 0) is 36.8 Å². The Balaban J connectivity index is 2.73. The molecule has 0 saturated carbocycles. The lowest BCUT2D eigenvalue weighted by molar-refractivity contribution is -0.131. The fourth-order valence-electron chi connectivity index (χ4n) is 1.31. The van der Waals surface area contributed by atoms with Crippen molar-refractivity contribution in [3.05, 3.63) is 26.3 Å². The van der Waals surface area contributed by atoms with Crippen LogP contribution in [0.2, 0.25) is 4.47 Å². The number of nitrogens with zero attached hydrogens (tertiary/aromatic N) is 3. The highest BCUT2D eigenvalue weighted by Crippen LogP contribution is 2.06. The van der Waals surface area contributed by atoms with Crippen molar-refractivity contribution in [2.75, 3.05) is 13.1 Å². The lowest BCUT2D eigenvalue weighted by atomic mass is 10.3. The van der Waals surface area contributed by atoms with E-state index in [1.54, 1.807) is 4.90 Å². The fraction of sp³-hybridized carbons (Fsp3) is 0.500. The van der Waals surface area contributed by atoms with E-state index in [9.17, 15) is 9.59 Å². The van der Waals surface area contributed by atoms with Crippen LogP contribution in [0, 0.1) is 0 Å². The van der Waals surface area contributed by atoms with Gasteiger partial charge in [0.2, 0.25) is 10.4 Å². The van der Waals surface area contributed by atoms with E-state index in [1.165, 1.54) is 0 Å². The first kappa shape index (κ1) is 13.9. The zero-order chi connectivity index (χ0) is 13.0. The first-order valence-corrected chi connectivity index (χ1v) is 6.29. The third kappa shape index (κ3) is 3.98. The van der Waals surface area contributed by atoms with Crippen molar-refractivity contribution in [3.63, 3.8) is 0 Å². The molecular weight excluding hydrogens is 262 g/mol. The Morgan fingerprint density at radius 1 is 1.65 bits per heavy atom. The summed E-state index contributed by atoms with van der Waals surface area (Å²) >= 11 is 6.41. The molecule has 1 heterocycles. The van der Waals surface area contributed by atoms with Crippen LogP contribution in [0.4, 0.5) is 0 Å². The molecule has 1 rings (SSSR count). The fourth-order valence-corrected chi connectivity index (χ4v) is 2.09. The highest BCUT2D eigenvalue weighted by molar-refractivity contribution is 7.13. The molecule has 7 heteroatoms. The molecule has 0 aliphatic carbocycles. The van der Waals surface area contributed by atoms with E-state index in [4.69, 9.17) is 11.6 Å². The molecule has 0 radical (unpaired) electrons. The first-order chi connectivity index (χ1) is 7.93. The van der Waals surface area contributed by atoms with E-state index >= 15 is 0 Å². The van der Waals surface area contributed by atoms with E-state index < -0.39 is 0 Å². The van der Waals surface area contributed by atoms with Gasteiger partial charge in [-0.3, -0.25) is 9.59 Å². The van der Waals surface area contributed by atoms with Crippen molar-refractivity contribution in [3.8, 4) is 0 Å². The summed E-state index contributed by atoms with van der Waals surface area (Å²) < 4.78 is 1.22. The molecule has 0 aromatic carbocycles. The van der Waals surface area contributed by atoms with Gasteiger partial charge < -0.3 is 4.90 Å². The Kier molecular flexibility index (Phi) is 4.89. The smallest absolute Gasteiger partial charge is 0.326 e. The number of hydrogen-bond acceptors (Lipinski definition) is 4. The number of hydrogen-bond donors (Lipinski definition) is 0. The number of rotatable bonds is 5. The predicted molar refractivity (Wildman–Crippen MR) is 68.5 cm³/mol. The second-order valence-corrected chi connectivity index (χ2v) is 5.17. The van der Waals surface area contributed by atoms with E-state index in [1.807, 2.05) is 13.8 Å². The van der Waals surface area contributed by atoms with Gasteiger partial charge in [-0.15, -0.1) is 5.10 Å². The van der Waals surface area contributed by atoms with Crippen LogP contribution in [0.25, 0.3) is 0 Å². The van der Waals surface area contributed by atoms with Gasteiger partial charge in [-0.25, -0.2) is 4.68 Å². The molecule has 0 saturated heterocycles. The summed E-state index contributed by atoms with van der Waals surface area (Å²) in [6.07, 6.45) is 0. The van der Waals surface area contributed by atoms with Gasteiger partial charge in [0.05, 0.1) is 0 Å². The number of carbonyl (C=O) groups excluding carboxylic acids is 1. The summed E-state index contributed by atoms with van der Waals surface area (Å²) in [7, 11) is 0. The summed E-state index contributed by atoms with van der Waals surface area (Å²) in [5.41, 5.74) is 0.892. The SMILES string of the molecule is C=C(C)CN(CC)C(=O)Cn1nc(Cl)sc1=O. The Morgan fingerprint density at radius 3 is 2.71 bits per heavy atom. The van der Waals surface area contributed by atoms with Crippen LogP contribution in [0.1, 0.15) is 13.8 Å². The highest BCUT2D eigenvalue weighted by Gasteiger charge is 2.14. The van der Waals surface area contributed by atoms with Crippen LogP contribution in [-0.4, -0.2) is 33.7 Å². The number of aromatic nitrogens is 2. The van der Waals surface area contributed by atoms with Gasteiger partial charge in [0.1, 0.15) is 6.54 Å². The summed E-state index contributed by atoms with van der Waals surface area (Å²) in [5.74, 6) is -0.167. The maximum Gasteiger partial charge on any atom is 0.326 e. The van der Waals surface area contributed by atoms with Crippen LogP contribution in [-0.2, 0) is 11.3 Å². The second-order valence-electron chi connectivity index (χ2n) is 3.64. The van der Waals surface area contributed by atoms with Crippen LogP contribution in [0.15, 0.2) is 16.9 Å². The minimum Gasteiger partial charge on any atom is -0.337 e. The van der Waals surface area contributed by atoms with E-state index in [0.29, 0.717) is 13.1 Å². The summed E-state index contributed by atoms with van der Waals surface area (Å²) in [4.78, 5) is 24.5. The van der Waals surface area contributed by atoms with Crippen molar-refractivity contribution in [1.29, 1.82) is 0 Å². The van der Waals surface area contributed by atoms with Gasteiger partial charge in [0, 0.05) is 13.1 Å². The quantitative estimate of drug-likeness (QED) is 0.763. The lowest BCUT2D eigenvalue weighted by Crippen LogP contribution is -2.36. The average Bonchev–Trinajstić information content (AvgIpc) is 2.53. The van der Waals surface area contributed by atoms with Crippen molar-refractivity contribution in [1.82, 2.24) is 14.7 Å². The zero-order valence-corrected chi connectivity index (χ0v) is 11.3. The topological polar surface area (TPSA) is 55.2 Å². The molecule has 94 valence electrons. The number of carbonyl (C=O) groups is 1. The van der Waals surface area contributed by atoms with Gasteiger partial charge >= 0.3 is 4.87 Å². The molecule has 1 aromatic heterocycles. The second kappa shape index (κ2) is 5.97.